The zero-order valence-electron chi connectivity index (χ0n) is 15.9. The lowest BCUT2D eigenvalue weighted by molar-refractivity contribution is -0.0981. The van der Waals surface area contributed by atoms with Gasteiger partial charge in [0, 0.05) is 0 Å². The van der Waals surface area contributed by atoms with Gasteiger partial charge >= 0.3 is 7.12 Å². The van der Waals surface area contributed by atoms with Crippen molar-refractivity contribution in [2.75, 3.05) is 0 Å². The van der Waals surface area contributed by atoms with E-state index in [1.807, 2.05) is 6.92 Å². The molecule has 1 atom stereocenters. The highest BCUT2D eigenvalue weighted by molar-refractivity contribution is 6.74. The lowest BCUT2D eigenvalue weighted by atomic mass is 9.84. The minimum atomic E-state index is -1.88. The van der Waals surface area contributed by atoms with Crippen molar-refractivity contribution < 1.29 is 19.2 Å². The van der Waals surface area contributed by atoms with Gasteiger partial charge in [0.25, 0.3) is 0 Å². The van der Waals surface area contributed by atoms with E-state index >= 15 is 0 Å². The van der Waals surface area contributed by atoms with Gasteiger partial charge in [0.2, 0.25) is 0 Å². The van der Waals surface area contributed by atoms with Gasteiger partial charge in [-0.3, -0.25) is 0 Å². The van der Waals surface area contributed by atoms with Crippen LogP contribution in [0.3, 0.4) is 0 Å². The molecule has 0 aromatic heterocycles. The zero-order chi connectivity index (χ0) is 18.0. The van der Waals surface area contributed by atoms with Crippen molar-refractivity contribution in [3.63, 3.8) is 0 Å². The molecule has 0 fully saturated rings. The minimum absolute atomic E-state index is 0.112. The number of hydrogen-bond donors (Lipinski definition) is 2. The average molecular weight is 328 g/mol. The standard InChI is InChI=1S/C16H33BO4Si/c1-13(20-22(9,10)14(2,3)4)11-12-17(19)21-16(7,8)15(5,6)18/h13,18-19H,1-10H3/t13-/m0/s1. The Balaban J connectivity index is 4.76. The highest BCUT2D eigenvalue weighted by Gasteiger charge is 2.39. The Hall–Kier alpha value is -0.318. The molecule has 2 N–H and O–H groups in total. The van der Waals surface area contributed by atoms with Crippen LogP contribution in [0.1, 0.15) is 55.4 Å². The predicted molar refractivity (Wildman–Crippen MR) is 95.0 cm³/mol. The maximum absolute atomic E-state index is 10.0. The van der Waals surface area contributed by atoms with Crippen molar-refractivity contribution in [3.05, 3.63) is 0 Å². The van der Waals surface area contributed by atoms with Gasteiger partial charge in [-0.1, -0.05) is 32.5 Å². The van der Waals surface area contributed by atoms with Crippen LogP contribution in [0.4, 0.5) is 0 Å². The molecule has 0 aliphatic carbocycles. The molecule has 0 bridgehead atoms. The molecule has 22 heavy (non-hydrogen) atoms. The molecular weight excluding hydrogens is 295 g/mol. The third-order valence-electron chi connectivity index (χ3n) is 4.57. The summed E-state index contributed by atoms with van der Waals surface area (Å²) in [5.41, 5.74) is -2.00. The number of aliphatic hydroxyl groups is 1. The Labute approximate surface area is 137 Å². The van der Waals surface area contributed by atoms with Gasteiger partial charge in [-0.25, -0.2) is 0 Å². The van der Waals surface area contributed by atoms with Gasteiger partial charge < -0.3 is 19.2 Å². The smallest absolute Gasteiger partial charge is 0.416 e. The quantitative estimate of drug-likeness (QED) is 0.602. The highest BCUT2D eigenvalue weighted by Crippen LogP contribution is 2.37. The van der Waals surface area contributed by atoms with Gasteiger partial charge in [-0.05, 0) is 52.8 Å². The molecule has 0 unspecified atom stereocenters. The summed E-state index contributed by atoms with van der Waals surface area (Å²) in [7, 11) is -3.14. The normalized spacial score (nSPS) is 15.1. The Kier molecular flexibility index (Phi) is 6.96. The fourth-order valence-electron chi connectivity index (χ4n) is 1.29. The molecule has 4 nitrogen and oxygen atoms in total. The van der Waals surface area contributed by atoms with Crippen LogP contribution in [0, 0.1) is 11.7 Å². The Morgan fingerprint density at radius 1 is 1.05 bits per heavy atom. The van der Waals surface area contributed by atoms with Crippen molar-refractivity contribution in [2.45, 2.75) is 90.8 Å². The van der Waals surface area contributed by atoms with Gasteiger partial charge in [0.15, 0.2) is 8.32 Å². The molecule has 0 aromatic carbocycles. The molecule has 0 heterocycles. The summed E-state index contributed by atoms with van der Waals surface area (Å²) < 4.78 is 11.5. The second-order valence-corrected chi connectivity index (χ2v) is 13.1. The van der Waals surface area contributed by atoms with Gasteiger partial charge in [0.1, 0.15) is 6.10 Å². The van der Waals surface area contributed by atoms with Crippen LogP contribution in [-0.2, 0) is 9.08 Å². The van der Waals surface area contributed by atoms with Gasteiger partial charge in [-0.15, -0.1) is 0 Å². The van der Waals surface area contributed by atoms with E-state index in [1.54, 1.807) is 27.7 Å². The molecule has 0 aliphatic heterocycles. The fraction of sp³-hybridized carbons (Fsp3) is 0.875. The first-order valence-electron chi connectivity index (χ1n) is 7.77. The largest absolute Gasteiger partial charge is 0.547 e. The summed E-state index contributed by atoms with van der Waals surface area (Å²) in [5.74, 6) is 5.54. The fourth-order valence-corrected chi connectivity index (χ4v) is 2.59. The van der Waals surface area contributed by atoms with Crippen molar-refractivity contribution in [2.24, 2.45) is 0 Å². The number of rotatable bonds is 5. The topological polar surface area (TPSA) is 58.9 Å². The first kappa shape index (κ1) is 21.7. The van der Waals surface area contributed by atoms with Crippen LogP contribution in [-0.4, -0.2) is 42.9 Å². The van der Waals surface area contributed by atoms with Crippen molar-refractivity contribution in [1.82, 2.24) is 0 Å². The Bertz CT molecular complexity index is 386. The van der Waals surface area contributed by atoms with Crippen LogP contribution in [0.2, 0.25) is 18.1 Å². The molecule has 0 saturated heterocycles. The summed E-state index contributed by atoms with van der Waals surface area (Å²) in [4.78, 5) is 0. The molecule has 0 aliphatic rings. The van der Waals surface area contributed by atoms with Gasteiger partial charge in [-0.2, -0.15) is 0 Å². The lowest BCUT2D eigenvalue weighted by Gasteiger charge is -2.38. The van der Waals surface area contributed by atoms with Crippen molar-refractivity contribution >= 4 is 15.4 Å². The zero-order valence-corrected chi connectivity index (χ0v) is 16.9. The second-order valence-electron chi connectivity index (χ2n) is 8.35. The van der Waals surface area contributed by atoms with E-state index in [0.29, 0.717) is 0 Å². The van der Waals surface area contributed by atoms with E-state index in [-0.39, 0.29) is 11.1 Å². The van der Waals surface area contributed by atoms with E-state index in [9.17, 15) is 10.1 Å². The molecule has 0 amide bonds. The third-order valence-corrected chi connectivity index (χ3v) is 9.12. The van der Waals surface area contributed by atoms with Crippen molar-refractivity contribution in [3.8, 4) is 11.7 Å². The summed E-state index contributed by atoms with van der Waals surface area (Å²) >= 11 is 0. The number of hydrogen-bond acceptors (Lipinski definition) is 4. The minimum Gasteiger partial charge on any atom is -0.416 e. The summed E-state index contributed by atoms with van der Waals surface area (Å²) in [6, 6.07) is 0. The Morgan fingerprint density at radius 3 is 1.86 bits per heavy atom. The first-order valence-corrected chi connectivity index (χ1v) is 10.7. The summed E-state index contributed by atoms with van der Waals surface area (Å²) in [6.45, 7) is 19.4. The molecule has 6 heteroatoms. The van der Waals surface area contributed by atoms with E-state index in [1.165, 1.54) is 0 Å². The molecule has 128 valence electrons. The van der Waals surface area contributed by atoms with Crippen LogP contribution < -0.4 is 0 Å². The lowest BCUT2D eigenvalue weighted by Crippen LogP contribution is -2.50. The van der Waals surface area contributed by atoms with E-state index in [2.05, 4.69) is 45.6 Å². The second kappa shape index (κ2) is 7.06. The van der Waals surface area contributed by atoms with E-state index < -0.39 is 26.6 Å². The monoisotopic (exact) mass is 328 g/mol. The predicted octanol–water partition coefficient (Wildman–Crippen LogP) is 2.99. The van der Waals surface area contributed by atoms with E-state index in [4.69, 9.17) is 9.08 Å². The van der Waals surface area contributed by atoms with Crippen LogP contribution >= 0.6 is 0 Å². The third kappa shape index (κ3) is 6.43. The highest BCUT2D eigenvalue weighted by atomic mass is 28.4. The van der Waals surface area contributed by atoms with Gasteiger partial charge in [0.05, 0.1) is 11.2 Å². The molecule has 0 rings (SSSR count). The Morgan fingerprint density at radius 2 is 1.50 bits per heavy atom. The van der Waals surface area contributed by atoms with E-state index in [0.717, 1.165) is 0 Å². The van der Waals surface area contributed by atoms with Crippen LogP contribution in [0.15, 0.2) is 0 Å². The SMILES string of the molecule is C[C@@H](C#CB(O)OC(C)(C)C(C)(C)O)O[Si](C)(C)C(C)(C)C. The maximum Gasteiger partial charge on any atom is 0.547 e. The molecule has 0 radical (unpaired) electrons. The maximum atomic E-state index is 10.0. The summed E-state index contributed by atoms with van der Waals surface area (Å²) in [6.07, 6.45) is -0.274. The van der Waals surface area contributed by atoms with Crippen molar-refractivity contribution in [1.29, 1.82) is 0 Å². The average Bonchev–Trinajstić information content (AvgIpc) is 2.21. The molecular formula is C16H33BO4Si. The first-order chi connectivity index (χ1) is 9.49. The molecule has 0 aromatic rings. The molecule has 0 saturated carbocycles. The van der Waals surface area contributed by atoms with Crippen LogP contribution in [0.5, 0.6) is 0 Å². The van der Waals surface area contributed by atoms with Crippen LogP contribution in [0.25, 0.3) is 0 Å². The molecule has 0 spiro atoms. The summed E-state index contributed by atoms with van der Waals surface area (Å²) in [5, 5.41) is 20.0.